The lowest BCUT2D eigenvalue weighted by Crippen LogP contribution is -2.46. The van der Waals surface area contributed by atoms with Crippen LogP contribution in [0.3, 0.4) is 0 Å². The molecule has 160 valence electrons. The van der Waals surface area contributed by atoms with Crippen LogP contribution in [0.5, 0.6) is 5.75 Å². The molecule has 30 heavy (non-hydrogen) atoms. The molecule has 2 aliphatic rings. The summed E-state index contributed by atoms with van der Waals surface area (Å²) in [5, 5.41) is 3.04. The number of amides is 1. The number of nitrogens with zero attached hydrogens (tertiary/aromatic N) is 1. The van der Waals surface area contributed by atoms with E-state index in [1.165, 1.54) is 25.7 Å². The van der Waals surface area contributed by atoms with E-state index in [-0.39, 0.29) is 23.4 Å². The minimum absolute atomic E-state index is 0.0764. The summed E-state index contributed by atoms with van der Waals surface area (Å²) in [6.07, 6.45) is 4.43. The van der Waals surface area contributed by atoms with Gasteiger partial charge in [0.1, 0.15) is 18.1 Å². The fourth-order valence-corrected chi connectivity index (χ4v) is 6.02. The first kappa shape index (κ1) is 20.7. The largest absolute Gasteiger partial charge is 0.497 e. The predicted molar refractivity (Wildman–Crippen MR) is 111 cm³/mol. The average molecular weight is 433 g/mol. The number of hydrogen-bond donors (Lipinski definition) is 1. The van der Waals surface area contributed by atoms with Gasteiger partial charge in [-0.3, -0.25) is 9.10 Å². The van der Waals surface area contributed by atoms with E-state index in [2.05, 4.69) is 5.32 Å². The third-order valence-corrected chi connectivity index (χ3v) is 7.92. The van der Waals surface area contributed by atoms with Crippen molar-refractivity contribution in [2.75, 3.05) is 18.0 Å². The number of carbonyl (C=O) groups excluding carboxylic acids is 1. The van der Waals surface area contributed by atoms with Gasteiger partial charge in [-0.25, -0.2) is 12.8 Å². The maximum atomic E-state index is 13.3. The molecule has 8 heteroatoms. The zero-order valence-corrected chi connectivity index (χ0v) is 17.6. The third kappa shape index (κ3) is 4.14. The van der Waals surface area contributed by atoms with E-state index in [0.717, 1.165) is 35.7 Å². The molecule has 2 saturated carbocycles. The summed E-state index contributed by atoms with van der Waals surface area (Å²) in [7, 11) is -2.55. The number of fused-ring (bicyclic) bond motifs is 2. The summed E-state index contributed by atoms with van der Waals surface area (Å²) in [5.74, 6) is 0.861. The highest BCUT2D eigenvalue weighted by molar-refractivity contribution is 7.92. The van der Waals surface area contributed by atoms with Crippen molar-refractivity contribution in [3.8, 4) is 5.75 Å². The molecule has 3 atom stereocenters. The highest BCUT2D eigenvalue weighted by atomic mass is 32.2. The lowest BCUT2D eigenvalue weighted by Gasteiger charge is -2.27. The first-order chi connectivity index (χ1) is 14.4. The number of anilines is 1. The average Bonchev–Trinajstić information content (AvgIpc) is 3.35. The number of sulfonamides is 1. The number of methoxy groups -OCH3 is 1. The Morgan fingerprint density at radius 2 is 1.80 bits per heavy atom. The van der Waals surface area contributed by atoms with E-state index in [1.54, 1.807) is 24.3 Å². The number of benzene rings is 2. The van der Waals surface area contributed by atoms with E-state index in [1.807, 2.05) is 0 Å². The van der Waals surface area contributed by atoms with Crippen molar-refractivity contribution in [2.45, 2.75) is 36.6 Å². The van der Waals surface area contributed by atoms with Crippen molar-refractivity contribution in [2.24, 2.45) is 11.8 Å². The van der Waals surface area contributed by atoms with E-state index in [4.69, 9.17) is 4.74 Å². The first-order valence-electron chi connectivity index (χ1n) is 10.1. The lowest BCUT2D eigenvalue weighted by molar-refractivity contribution is -0.120. The maximum absolute atomic E-state index is 13.3. The summed E-state index contributed by atoms with van der Waals surface area (Å²) in [6.45, 7) is -0.347. The van der Waals surface area contributed by atoms with E-state index < -0.39 is 15.8 Å². The Morgan fingerprint density at radius 3 is 2.37 bits per heavy atom. The van der Waals surface area contributed by atoms with Crippen molar-refractivity contribution in [3.05, 3.63) is 54.3 Å². The zero-order chi connectivity index (χ0) is 21.3. The van der Waals surface area contributed by atoms with Crippen LogP contribution >= 0.6 is 0 Å². The number of hydrogen-bond acceptors (Lipinski definition) is 4. The van der Waals surface area contributed by atoms with Crippen molar-refractivity contribution in [3.63, 3.8) is 0 Å². The molecule has 0 heterocycles. The van der Waals surface area contributed by atoms with Crippen LogP contribution in [-0.2, 0) is 14.8 Å². The van der Waals surface area contributed by atoms with Crippen LogP contribution in [-0.4, -0.2) is 34.0 Å². The minimum atomic E-state index is -4.06. The van der Waals surface area contributed by atoms with Gasteiger partial charge in [-0.2, -0.15) is 0 Å². The molecular formula is C22H25FN2O4S. The molecule has 0 unspecified atom stereocenters. The quantitative estimate of drug-likeness (QED) is 0.728. The Balaban J connectivity index is 1.59. The topological polar surface area (TPSA) is 75.7 Å². The second kappa shape index (κ2) is 8.26. The van der Waals surface area contributed by atoms with Gasteiger partial charge in [-0.1, -0.05) is 6.42 Å². The summed E-state index contributed by atoms with van der Waals surface area (Å²) in [6, 6.07) is 11.2. The Morgan fingerprint density at radius 1 is 1.10 bits per heavy atom. The van der Waals surface area contributed by atoms with Gasteiger partial charge in [0, 0.05) is 6.04 Å². The predicted octanol–water partition coefficient (Wildman–Crippen LogP) is 3.33. The smallest absolute Gasteiger partial charge is 0.264 e. The Bertz CT molecular complexity index is 1010. The number of nitrogens with one attached hydrogen (secondary N) is 1. The molecule has 2 aromatic carbocycles. The fraction of sp³-hybridized carbons (Fsp3) is 0.409. The molecule has 0 saturated heterocycles. The van der Waals surface area contributed by atoms with Gasteiger partial charge in [-0.15, -0.1) is 0 Å². The molecule has 1 amide bonds. The normalized spacial score (nSPS) is 22.7. The first-order valence-corrected chi connectivity index (χ1v) is 11.5. The van der Waals surface area contributed by atoms with E-state index >= 15 is 0 Å². The van der Waals surface area contributed by atoms with Crippen molar-refractivity contribution < 1.29 is 22.3 Å². The third-order valence-electron chi connectivity index (χ3n) is 6.13. The minimum Gasteiger partial charge on any atom is -0.497 e. The Labute approximate surface area is 176 Å². The molecule has 2 fully saturated rings. The van der Waals surface area contributed by atoms with Gasteiger partial charge in [0.05, 0.1) is 17.7 Å². The monoisotopic (exact) mass is 432 g/mol. The molecule has 2 aliphatic carbocycles. The van der Waals surface area contributed by atoms with Crippen LogP contribution in [0, 0.1) is 17.7 Å². The molecule has 0 spiro atoms. The van der Waals surface area contributed by atoms with Crippen molar-refractivity contribution >= 4 is 21.6 Å². The highest BCUT2D eigenvalue weighted by Crippen LogP contribution is 2.44. The molecule has 0 radical (unpaired) electrons. The van der Waals surface area contributed by atoms with E-state index in [9.17, 15) is 17.6 Å². The zero-order valence-electron chi connectivity index (χ0n) is 16.8. The summed E-state index contributed by atoms with van der Waals surface area (Å²) >= 11 is 0. The van der Waals surface area contributed by atoms with Gasteiger partial charge >= 0.3 is 0 Å². The van der Waals surface area contributed by atoms with Gasteiger partial charge in [0.25, 0.3) is 10.0 Å². The van der Waals surface area contributed by atoms with Gasteiger partial charge < -0.3 is 10.1 Å². The number of carbonyl (C=O) groups is 1. The lowest BCUT2D eigenvalue weighted by atomic mass is 9.95. The number of halogens is 1. The number of rotatable bonds is 7. The molecule has 0 aromatic heterocycles. The van der Waals surface area contributed by atoms with E-state index in [0.29, 0.717) is 23.3 Å². The van der Waals surface area contributed by atoms with Gasteiger partial charge in [-0.05, 0) is 79.6 Å². The van der Waals surface area contributed by atoms with Crippen molar-refractivity contribution in [1.82, 2.24) is 5.32 Å². The van der Waals surface area contributed by atoms with Crippen LogP contribution in [0.25, 0.3) is 0 Å². The summed E-state index contributed by atoms with van der Waals surface area (Å²) in [4.78, 5) is 12.7. The highest BCUT2D eigenvalue weighted by Gasteiger charge is 2.40. The van der Waals surface area contributed by atoms with Crippen LogP contribution in [0.2, 0.25) is 0 Å². The van der Waals surface area contributed by atoms with Crippen LogP contribution in [0.4, 0.5) is 10.1 Å². The summed E-state index contributed by atoms with van der Waals surface area (Å²) < 4.78 is 46.1. The van der Waals surface area contributed by atoms with Crippen molar-refractivity contribution in [1.29, 1.82) is 0 Å². The molecule has 1 N–H and O–H groups in total. The van der Waals surface area contributed by atoms with Gasteiger partial charge in [0.2, 0.25) is 5.91 Å². The number of ether oxygens (including phenoxy) is 1. The van der Waals surface area contributed by atoms with Crippen LogP contribution < -0.4 is 14.4 Å². The molecule has 2 aromatic rings. The second-order valence-electron chi connectivity index (χ2n) is 8.01. The maximum Gasteiger partial charge on any atom is 0.264 e. The molecular weight excluding hydrogens is 407 g/mol. The SMILES string of the molecule is COc1ccc(N(CC(=O)N[C@H]2C[C@H]3CC[C@H]2C3)S(=O)(=O)c2ccc(F)cc2)cc1. The molecule has 0 aliphatic heterocycles. The fourth-order valence-electron chi connectivity index (χ4n) is 4.60. The van der Waals surface area contributed by atoms with Gasteiger partial charge in [0.15, 0.2) is 0 Å². The van der Waals surface area contributed by atoms with Crippen LogP contribution in [0.1, 0.15) is 25.7 Å². The van der Waals surface area contributed by atoms with Crippen LogP contribution in [0.15, 0.2) is 53.4 Å². The standard InChI is InChI=1S/C22H25FN2O4S/c1-29-19-8-6-18(7-9-19)25(30(27,28)20-10-4-17(23)5-11-20)14-22(26)24-21-13-15-2-3-16(21)12-15/h4-11,15-16,21H,2-3,12-14H2,1H3,(H,24,26)/t15-,16-,21-/m0/s1. The molecule has 4 rings (SSSR count). The summed E-state index contributed by atoms with van der Waals surface area (Å²) in [5.41, 5.74) is 0.336. The second-order valence-corrected chi connectivity index (χ2v) is 9.87. The Hall–Kier alpha value is -2.61. The Kier molecular flexibility index (Phi) is 5.69. The molecule has 2 bridgehead atoms. The molecule has 6 nitrogen and oxygen atoms in total.